The van der Waals surface area contributed by atoms with Crippen molar-refractivity contribution in [3.8, 4) is 11.5 Å². The summed E-state index contributed by atoms with van der Waals surface area (Å²) in [4.78, 5) is 27.7. The van der Waals surface area contributed by atoms with Crippen molar-refractivity contribution in [3.05, 3.63) is 54.1 Å². The van der Waals surface area contributed by atoms with Gasteiger partial charge in [-0.05, 0) is 49.6 Å². The number of benzene rings is 2. The van der Waals surface area contributed by atoms with Gasteiger partial charge in [0.25, 0.3) is 0 Å². The second-order valence-corrected chi connectivity index (χ2v) is 10.7. The van der Waals surface area contributed by atoms with Crippen molar-refractivity contribution in [1.29, 1.82) is 0 Å². The molecule has 0 aliphatic carbocycles. The lowest BCUT2D eigenvalue weighted by Crippen LogP contribution is -2.48. The Bertz CT molecular complexity index is 1140. The average Bonchev–Trinajstić information content (AvgIpc) is 2.88. The molecule has 0 unspecified atom stereocenters. The second kappa shape index (κ2) is 14.5. The third-order valence-electron chi connectivity index (χ3n) is 5.99. The summed E-state index contributed by atoms with van der Waals surface area (Å²) in [6, 6.07) is 13.5. The van der Waals surface area contributed by atoms with Gasteiger partial charge in [0.2, 0.25) is 21.8 Å². The molecule has 2 aromatic carbocycles. The Morgan fingerprint density at radius 1 is 1.03 bits per heavy atom. The summed E-state index contributed by atoms with van der Waals surface area (Å²) >= 11 is 0. The number of para-hydroxylation sites is 2. The smallest absolute Gasteiger partial charge is 0.242 e. The first-order chi connectivity index (χ1) is 17.6. The second-order valence-electron chi connectivity index (χ2n) is 8.80. The summed E-state index contributed by atoms with van der Waals surface area (Å²) in [7, 11) is -0.568. The minimum atomic E-state index is -3.62. The zero-order valence-corrected chi connectivity index (χ0v) is 23.2. The molecule has 0 aliphatic heterocycles. The third kappa shape index (κ3) is 8.96. The highest BCUT2D eigenvalue weighted by atomic mass is 32.2. The minimum absolute atomic E-state index is 0.0672. The van der Waals surface area contributed by atoms with Gasteiger partial charge in [-0.1, -0.05) is 37.6 Å². The number of methoxy groups -OCH3 is 2. The molecule has 2 rings (SSSR count). The lowest BCUT2D eigenvalue weighted by Gasteiger charge is -2.29. The highest BCUT2D eigenvalue weighted by Gasteiger charge is 2.27. The molecule has 204 valence electrons. The van der Waals surface area contributed by atoms with E-state index in [0.717, 1.165) is 24.7 Å². The third-order valence-corrected chi connectivity index (χ3v) is 7.17. The van der Waals surface area contributed by atoms with Gasteiger partial charge in [-0.25, -0.2) is 8.42 Å². The molecule has 0 bridgehead atoms. The predicted octanol–water partition coefficient (Wildman–Crippen LogP) is 3.58. The Hall–Kier alpha value is -3.27. The molecule has 0 spiro atoms. The van der Waals surface area contributed by atoms with Gasteiger partial charge in [0.05, 0.1) is 26.2 Å². The van der Waals surface area contributed by atoms with Gasteiger partial charge in [-0.15, -0.1) is 0 Å². The van der Waals surface area contributed by atoms with Crippen molar-refractivity contribution >= 4 is 27.5 Å². The van der Waals surface area contributed by atoms with Crippen LogP contribution >= 0.6 is 0 Å². The zero-order valence-electron chi connectivity index (χ0n) is 22.4. The number of nitrogens with one attached hydrogen (secondary N) is 1. The number of sulfonamides is 1. The van der Waals surface area contributed by atoms with Crippen molar-refractivity contribution in [2.24, 2.45) is 0 Å². The number of ether oxygens (including phenoxy) is 2. The van der Waals surface area contributed by atoms with Crippen LogP contribution in [0.3, 0.4) is 0 Å². The van der Waals surface area contributed by atoms with Gasteiger partial charge in [0, 0.05) is 26.1 Å². The topological polar surface area (TPSA) is 105 Å². The molecule has 1 atom stereocenters. The van der Waals surface area contributed by atoms with E-state index in [-0.39, 0.29) is 37.7 Å². The molecule has 0 aliphatic rings. The summed E-state index contributed by atoms with van der Waals surface area (Å²) < 4.78 is 37.0. The van der Waals surface area contributed by atoms with Crippen LogP contribution in [0.4, 0.5) is 5.69 Å². The molecule has 1 N–H and O–H groups in total. The van der Waals surface area contributed by atoms with Crippen LogP contribution in [0.1, 0.15) is 45.1 Å². The summed E-state index contributed by atoms with van der Waals surface area (Å²) in [6.45, 7) is 4.61. The van der Waals surface area contributed by atoms with E-state index in [1.54, 1.807) is 38.3 Å². The van der Waals surface area contributed by atoms with E-state index >= 15 is 0 Å². The van der Waals surface area contributed by atoms with Gasteiger partial charge < -0.3 is 19.7 Å². The van der Waals surface area contributed by atoms with Crippen LogP contribution in [0, 0.1) is 0 Å². The van der Waals surface area contributed by atoms with Crippen molar-refractivity contribution in [3.63, 3.8) is 0 Å². The van der Waals surface area contributed by atoms with Crippen LogP contribution in [0.2, 0.25) is 0 Å². The Balaban J connectivity index is 2.19. The number of rotatable bonds is 15. The normalized spacial score (nSPS) is 11.9. The number of hydrogen-bond donors (Lipinski definition) is 1. The summed E-state index contributed by atoms with van der Waals surface area (Å²) in [5.74, 6) is 0.618. The number of hydrogen-bond acceptors (Lipinski definition) is 6. The Morgan fingerprint density at radius 2 is 1.76 bits per heavy atom. The molecule has 2 amide bonds. The van der Waals surface area contributed by atoms with E-state index in [4.69, 9.17) is 9.47 Å². The van der Waals surface area contributed by atoms with Gasteiger partial charge in [-0.3, -0.25) is 13.9 Å². The highest BCUT2D eigenvalue weighted by Crippen LogP contribution is 2.29. The number of nitrogens with zero attached hydrogens (tertiary/aromatic N) is 2. The molecule has 37 heavy (non-hydrogen) atoms. The van der Waals surface area contributed by atoms with Crippen LogP contribution in [-0.4, -0.2) is 64.7 Å². The monoisotopic (exact) mass is 533 g/mol. The molecule has 10 heteroatoms. The number of carbonyl (C=O) groups is 2. The molecular formula is C27H39N3O6S. The maximum absolute atomic E-state index is 13.4. The molecule has 2 aromatic rings. The molecular weight excluding hydrogens is 494 g/mol. The van der Waals surface area contributed by atoms with Crippen LogP contribution in [0.5, 0.6) is 11.5 Å². The molecule has 0 saturated carbocycles. The summed E-state index contributed by atoms with van der Waals surface area (Å²) in [5.41, 5.74) is 1.24. The first-order valence-electron chi connectivity index (χ1n) is 12.4. The maximum atomic E-state index is 13.4. The standard InChI is InChI=1S/C27H39N3O6S/c1-6-7-17-28-27(32)21(2)29(20-22-12-10-13-23(19-22)35-3)26(31)16-11-18-30(37(5,33)34)24-14-8-9-15-25(24)36-4/h8-10,12-15,19,21H,6-7,11,16-18,20H2,1-5H3,(H,28,32)/t21-/m0/s1. The quantitative estimate of drug-likeness (QED) is 0.351. The minimum Gasteiger partial charge on any atom is -0.497 e. The Morgan fingerprint density at radius 3 is 2.41 bits per heavy atom. The number of amides is 2. The van der Waals surface area contributed by atoms with Gasteiger partial charge in [0.1, 0.15) is 17.5 Å². The largest absolute Gasteiger partial charge is 0.497 e. The van der Waals surface area contributed by atoms with Crippen LogP contribution < -0.4 is 19.1 Å². The first-order valence-corrected chi connectivity index (χ1v) is 14.3. The van der Waals surface area contributed by atoms with Crippen molar-refractivity contribution < 1.29 is 27.5 Å². The van der Waals surface area contributed by atoms with Crippen molar-refractivity contribution in [1.82, 2.24) is 10.2 Å². The molecule has 0 radical (unpaired) electrons. The van der Waals surface area contributed by atoms with Gasteiger partial charge in [0.15, 0.2) is 0 Å². The van der Waals surface area contributed by atoms with Crippen LogP contribution in [0.25, 0.3) is 0 Å². The zero-order chi connectivity index (χ0) is 27.4. The Labute approximate surface area is 220 Å². The van der Waals surface area contributed by atoms with Crippen molar-refractivity contribution in [2.45, 2.75) is 52.1 Å². The molecule has 0 aromatic heterocycles. The van der Waals surface area contributed by atoms with E-state index < -0.39 is 16.1 Å². The predicted molar refractivity (Wildman–Crippen MR) is 145 cm³/mol. The number of unbranched alkanes of at least 4 members (excludes halogenated alkanes) is 1. The summed E-state index contributed by atoms with van der Waals surface area (Å²) in [6.07, 6.45) is 3.26. The van der Waals surface area contributed by atoms with E-state index in [0.29, 0.717) is 23.7 Å². The first kappa shape index (κ1) is 30.0. The molecule has 0 saturated heterocycles. The highest BCUT2D eigenvalue weighted by molar-refractivity contribution is 7.92. The van der Waals surface area contributed by atoms with E-state index in [9.17, 15) is 18.0 Å². The average molecular weight is 534 g/mol. The Kier molecular flexibility index (Phi) is 11.7. The molecule has 0 heterocycles. The van der Waals surface area contributed by atoms with Crippen molar-refractivity contribution in [2.75, 3.05) is 37.9 Å². The van der Waals surface area contributed by atoms with Crippen LogP contribution in [-0.2, 0) is 26.2 Å². The molecule has 9 nitrogen and oxygen atoms in total. The van der Waals surface area contributed by atoms with Crippen LogP contribution in [0.15, 0.2) is 48.5 Å². The SMILES string of the molecule is CCCCNC(=O)[C@H](C)N(Cc1cccc(OC)c1)C(=O)CCCN(c1ccccc1OC)S(C)(=O)=O. The van der Waals surface area contributed by atoms with E-state index in [1.165, 1.54) is 16.3 Å². The van der Waals surface area contributed by atoms with Gasteiger partial charge in [-0.2, -0.15) is 0 Å². The fourth-order valence-corrected chi connectivity index (χ4v) is 4.87. The maximum Gasteiger partial charge on any atom is 0.242 e. The lowest BCUT2D eigenvalue weighted by molar-refractivity contribution is -0.140. The fourth-order valence-electron chi connectivity index (χ4n) is 3.90. The van der Waals surface area contributed by atoms with E-state index in [1.807, 2.05) is 31.2 Å². The summed E-state index contributed by atoms with van der Waals surface area (Å²) in [5, 5.41) is 2.90. The fraction of sp³-hybridized carbons (Fsp3) is 0.481. The van der Waals surface area contributed by atoms with Gasteiger partial charge >= 0.3 is 0 Å². The number of carbonyl (C=O) groups excluding carboxylic acids is 2. The van der Waals surface area contributed by atoms with E-state index in [2.05, 4.69) is 5.32 Å². The number of anilines is 1. The molecule has 0 fully saturated rings. The lowest BCUT2D eigenvalue weighted by atomic mass is 10.1.